The molecular formula is C6H10F2O5S. The van der Waals surface area contributed by atoms with E-state index in [1.165, 1.54) is 0 Å². The lowest BCUT2D eigenvalue weighted by Crippen LogP contribution is -2.34. The molecule has 14 heavy (non-hydrogen) atoms. The van der Waals surface area contributed by atoms with Crippen LogP contribution in [-0.4, -0.2) is 30.8 Å². The Bertz CT molecular complexity index is 297. The zero-order valence-corrected chi connectivity index (χ0v) is 8.18. The summed E-state index contributed by atoms with van der Waals surface area (Å²) in [5.74, 6) is -0.934. The van der Waals surface area contributed by atoms with Crippen LogP contribution in [0, 0.1) is 0 Å². The molecule has 0 amide bonds. The standard InChI is InChI=1S/C6H10F2O5S/c1-2-3-5(9)13-4-6(7,8)14(10,11)12/h2-4H2,1H3,(H,10,11,12). The second-order valence-corrected chi connectivity index (χ2v) is 4.07. The van der Waals surface area contributed by atoms with Gasteiger partial charge in [-0.2, -0.15) is 17.2 Å². The number of rotatable bonds is 5. The molecule has 0 unspecified atom stereocenters. The van der Waals surface area contributed by atoms with Gasteiger partial charge in [-0.05, 0) is 6.42 Å². The van der Waals surface area contributed by atoms with Crippen LogP contribution in [0.5, 0.6) is 0 Å². The van der Waals surface area contributed by atoms with Crippen LogP contribution in [0.25, 0.3) is 0 Å². The van der Waals surface area contributed by atoms with Gasteiger partial charge in [0.05, 0.1) is 0 Å². The van der Waals surface area contributed by atoms with Crippen molar-refractivity contribution in [2.45, 2.75) is 25.0 Å². The maximum atomic E-state index is 12.4. The summed E-state index contributed by atoms with van der Waals surface area (Å²) in [6, 6.07) is 0. The van der Waals surface area contributed by atoms with E-state index in [2.05, 4.69) is 4.74 Å². The zero-order chi connectivity index (χ0) is 11.4. The highest BCUT2D eigenvalue weighted by Gasteiger charge is 2.45. The first kappa shape index (κ1) is 13.2. The summed E-state index contributed by atoms with van der Waals surface area (Å²) >= 11 is 0. The molecule has 0 aliphatic carbocycles. The Morgan fingerprint density at radius 3 is 2.36 bits per heavy atom. The Kier molecular flexibility index (Phi) is 4.40. The number of ether oxygens (including phenoxy) is 1. The lowest BCUT2D eigenvalue weighted by atomic mass is 10.3. The minimum absolute atomic E-state index is 0.0818. The van der Waals surface area contributed by atoms with Crippen LogP contribution < -0.4 is 0 Å². The van der Waals surface area contributed by atoms with Gasteiger partial charge < -0.3 is 4.74 Å². The molecular weight excluding hydrogens is 222 g/mol. The first-order valence-electron chi connectivity index (χ1n) is 3.71. The van der Waals surface area contributed by atoms with Gasteiger partial charge in [-0.25, -0.2) is 0 Å². The van der Waals surface area contributed by atoms with Gasteiger partial charge in [0.25, 0.3) is 0 Å². The molecule has 0 saturated carbocycles. The van der Waals surface area contributed by atoms with Crippen LogP contribution in [0.3, 0.4) is 0 Å². The van der Waals surface area contributed by atoms with Crippen LogP contribution in [0.15, 0.2) is 0 Å². The van der Waals surface area contributed by atoms with E-state index in [1.807, 2.05) is 0 Å². The van der Waals surface area contributed by atoms with Gasteiger partial charge in [-0.3, -0.25) is 9.35 Å². The van der Waals surface area contributed by atoms with Crippen molar-refractivity contribution in [1.29, 1.82) is 0 Å². The Morgan fingerprint density at radius 2 is 2.00 bits per heavy atom. The third-order valence-electron chi connectivity index (χ3n) is 1.23. The van der Waals surface area contributed by atoms with E-state index in [9.17, 15) is 22.0 Å². The maximum absolute atomic E-state index is 12.4. The fraction of sp³-hybridized carbons (Fsp3) is 0.833. The second kappa shape index (κ2) is 4.65. The fourth-order valence-corrected chi connectivity index (χ4v) is 0.723. The second-order valence-electron chi connectivity index (χ2n) is 2.52. The monoisotopic (exact) mass is 232 g/mol. The number of esters is 1. The van der Waals surface area contributed by atoms with Crippen molar-refractivity contribution in [3.8, 4) is 0 Å². The molecule has 0 saturated heterocycles. The Balaban J connectivity index is 4.20. The maximum Gasteiger partial charge on any atom is 0.402 e. The lowest BCUT2D eigenvalue weighted by molar-refractivity contribution is -0.149. The highest BCUT2D eigenvalue weighted by Crippen LogP contribution is 2.20. The average molecular weight is 232 g/mol. The number of hydrogen-bond acceptors (Lipinski definition) is 4. The van der Waals surface area contributed by atoms with Crippen molar-refractivity contribution in [3.63, 3.8) is 0 Å². The van der Waals surface area contributed by atoms with E-state index >= 15 is 0 Å². The van der Waals surface area contributed by atoms with Crippen molar-refractivity contribution in [2.75, 3.05) is 6.61 Å². The van der Waals surface area contributed by atoms with Crippen molar-refractivity contribution in [2.24, 2.45) is 0 Å². The molecule has 0 aliphatic heterocycles. The van der Waals surface area contributed by atoms with Gasteiger partial charge in [0.2, 0.25) is 0 Å². The largest absolute Gasteiger partial charge is 0.458 e. The highest BCUT2D eigenvalue weighted by molar-refractivity contribution is 7.86. The number of halogens is 2. The molecule has 0 atom stereocenters. The fourth-order valence-electron chi connectivity index (χ4n) is 0.515. The molecule has 0 heterocycles. The summed E-state index contributed by atoms with van der Waals surface area (Å²) in [4.78, 5) is 10.6. The Labute approximate surface area is 79.8 Å². The number of carbonyl (C=O) groups is 1. The quantitative estimate of drug-likeness (QED) is 0.560. The van der Waals surface area contributed by atoms with E-state index in [0.29, 0.717) is 6.42 Å². The molecule has 0 spiro atoms. The molecule has 5 nitrogen and oxygen atoms in total. The van der Waals surface area contributed by atoms with E-state index in [0.717, 1.165) is 0 Å². The number of hydrogen-bond donors (Lipinski definition) is 1. The van der Waals surface area contributed by atoms with Crippen molar-refractivity contribution in [3.05, 3.63) is 0 Å². The summed E-state index contributed by atoms with van der Waals surface area (Å²) < 4.78 is 56.9. The molecule has 1 N–H and O–H groups in total. The van der Waals surface area contributed by atoms with Crippen LogP contribution in [0.2, 0.25) is 0 Å². The van der Waals surface area contributed by atoms with Gasteiger partial charge in [0, 0.05) is 6.42 Å². The summed E-state index contributed by atoms with van der Waals surface area (Å²) in [7, 11) is -5.52. The molecule has 0 fully saturated rings. The smallest absolute Gasteiger partial charge is 0.402 e. The first-order valence-corrected chi connectivity index (χ1v) is 5.15. The normalized spacial score (nSPS) is 12.6. The van der Waals surface area contributed by atoms with Crippen LogP contribution >= 0.6 is 0 Å². The molecule has 0 aromatic heterocycles. The van der Waals surface area contributed by atoms with Gasteiger partial charge >= 0.3 is 21.3 Å². The molecule has 84 valence electrons. The van der Waals surface area contributed by atoms with Gasteiger partial charge in [-0.15, -0.1) is 0 Å². The van der Waals surface area contributed by atoms with Crippen molar-refractivity contribution >= 4 is 16.1 Å². The van der Waals surface area contributed by atoms with Crippen LogP contribution in [-0.2, 0) is 19.6 Å². The van der Waals surface area contributed by atoms with E-state index < -0.39 is 27.9 Å². The molecule has 0 aliphatic rings. The van der Waals surface area contributed by atoms with Crippen LogP contribution in [0.4, 0.5) is 8.78 Å². The predicted octanol–water partition coefficient (Wildman–Crippen LogP) is 0.810. The van der Waals surface area contributed by atoms with Crippen molar-refractivity contribution in [1.82, 2.24) is 0 Å². The average Bonchev–Trinajstić information content (AvgIpc) is 1.99. The minimum atomic E-state index is -5.52. The molecule has 0 bridgehead atoms. The van der Waals surface area contributed by atoms with Gasteiger partial charge in [0.1, 0.15) is 0 Å². The Hall–Kier alpha value is -0.760. The molecule has 0 aromatic carbocycles. The summed E-state index contributed by atoms with van der Waals surface area (Å²) in [5.41, 5.74) is 0. The summed E-state index contributed by atoms with van der Waals surface area (Å²) in [6.45, 7) is -0.0349. The lowest BCUT2D eigenvalue weighted by Gasteiger charge is -2.12. The highest BCUT2D eigenvalue weighted by atomic mass is 32.2. The summed E-state index contributed by atoms with van der Waals surface area (Å²) in [6.07, 6.45) is 0.317. The molecule has 8 heteroatoms. The number of alkyl halides is 2. The van der Waals surface area contributed by atoms with Gasteiger partial charge in [0.15, 0.2) is 6.61 Å². The minimum Gasteiger partial charge on any atom is -0.458 e. The first-order chi connectivity index (χ1) is 6.20. The van der Waals surface area contributed by atoms with Crippen LogP contribution in [0.1, 0.15) is 19.8 Å². The van der Waals surface area contributed by atoms with E-state index in [-0.39, 0.29) is 6.42 Å². The molecule has 0 radical (unpaired) electrons. The third-order valence-corrected chi connectivity index (χ3v) is 2.11. The third kappa shape index (κ3) is 3.97. The molecule has 0 rings (SSSR count). The van der Waals surface area contributed by atoms with Crippen molar-refractivity contribution < 1.29 is 31.3 Å². The summed E-state index contributed by atoms with van der Waals surface area (Å²) in [5, 5.41) is -4.45. The van der Waals surface area contributed by atoms with E-state index in [1.54, 1.807) is 6.92 Å². The number of carbonyl (C=O) groups excluding carboxylic acids is 1. The van der Waals surface area contributed by atoms with E-state index in [4.69, 9.17) is 4.55 Å². The molecule has 0 aromatic rings. The Morgan fingerprint density at radius 1 is 1.50 bits per heavy atom. The zero-order valence-electron chi connectivity index (χ0n) is 7.37. The predicted molar refractivity (Wildman–Crippen MR) is 42.4 cm³/mol. The van der Waals surface area contributed by atoms with Gasteiger partial charge in [-0.1, -0.05) is 6.92 Å². The SMILES string of the molecule is CCCC(=O)OCC(F)(F)S(=O)(=O)O. The topological polar surface area (TPSA) is 80.7 Å².